The molecule has 110 valence electrons. The number of hydrogen-bond donors (Lipinski definition) is 1. The molecule has 0 aliphatic carbocycles. The van der Waals surface area contributed by atoms with Crippen molar-refractivity contribution in [2.45, 2.75) is 6.61 Å². The average Bonchev–Trinajstić information content (AvgIpc) is 3.03. The van der Waals surface area contributed by atoms with E-state index in [2.05, 4.69) is 20.4 Å². The molecule has 0 unspecified atom stereocenters. The first-order chi connectivity index (χ1) is 10.9. The van der Waals surface area contributed by atoms with Crippen molar-refractivity contribution in [2.75, 3.05) is 7.05 Å². The van der Waals surface area contributed by atoms with Crippen LogP contribution >= 0.6 is 0 Å². The number of ether oxygens (including phenoxy) is 1. The molecule has 2 aromatic carbocycles. The summed E-state index contributed by atoms with van der Waals surface area (Å²) in [5, 5.41) is 10.9. The Morgan fingerprint density at radius 3 is 2.64 bits per heavy atom. The third-order valence-corrected chi connectivity index (χ3v) is 3.21. The van der Waals surface area contributed by atoms with Crippen molar-refractivity contribution in [1.29, 1.82) is 0 Å². The van der Waals surface area contributed by atoms with Gasteiger partial charge in [0, 0.05) is 12.6 Å². The van der Waals surface area contributed by atoms with E-state index < -0.39 is 0 Å². The Bertz CT molecular complexity index is 765. The second kappa shape index (κ2) is 6.67. The molecule has 0 spiro atoms. The summed E-state index contributed by atoms with van der Waals surface area (Å²) in [6, 6.07) is 17.8. The van der Waals surface area contributed by atoms with Crippen LogP contribution in [0, 0.1) is 0 Å². The minimum absolute atomic E-state index is 0.507. The van der Waals surface area contributed by atoms with Crippen molar-refractivity contribution in [3.05, 3.63) is 65.9 Å². The van der Waals surface area contributed by atoms with Gasteiger partial charge in [0.25, 0.3) is 0 Å². The molecule has 0 aliphatic rings. The largest absolute Gasteiger partial charge is 0.488 e. The fraction of sp³-hybridized carbons (Fsp3) is 0.118. The van der Waals surface area contributed by atoms with E-state index >= 15 is 0 Å². The van der Waals surface area contributed by atoms with Crippen molar-refractivity contribution in [2.24, 2.45) is 4.99 Å². The van der Waals surface area contributed by atoms with Crippen molar-refractivity contribution in [3.63, 3.8) is 0 Å². The lowest BCUT2D eigenvalue weighted by molar-refractivity contribution is 0.307. The summed E-state index contributed by atoms with van der Waals surface area (Å²) in [6.45, 7) is 0.507. The van der Waals surface area contributed by atoms with Gasteiger partial charge in [0.2, 0.25) is 0 Å². The minimum atomic E-state index is 0.507. The summed E-state index contributed by atoms with van der Waals surface area (Å²) in [5.74, 6) is 0.769. The first kappa shape index (κ1) is 14.0. The van der Waals surface area contributed by atoms with Gasteiger partial charge in [0.15, 0.2) is 0 Å². The fourth-order valence-corrected chi connectivity index (χ4v) is 2.17. The molecule has 5 nitrogen and oxygen atoms in total. The molecule has 22 heavy (non-hydrogen) atoms. The maximum atomic E-state index is 5.95. The number of aliphatic imine (C=N–C) groups is 1. The molecular weight excluding hydrogens is 276 g/mol. The van der Waals surface area contributed by atoms with E-state index in [0.717, 1.165) is 22.6 Å². The first-order valence-corrected chi connectivity index (χ1v) is 6.97. The Hall–Kier alpha value is -2.95. The first-order valence-electron chi connectivity index (χ1n) is 6.97. The van der Waals surface area contributed by atoms with Crippen molar-refractivity contribution >= 4 is 6.21 Å². The molecule has 1 heterocycles. The van der Waals surface area contributed by atoms with Crippen LogP contribution in [0.25, 0.3) is 11.3 Å². The second-order valence-electron chi connectivity index (χ2n) is 4.72. The van der Waals surface area contributed by atoms with Crippen LogP contribution in [0.2, 0.25) is 0 Å². The van der Waals surface area contributed by atoms with Gasteiger partial charge in [0.1, 0.15) is 23.7 Å². The van der Waals surface area contributed by atoms with E-state index in [1.54, 1.807) is 13.3 Å². The number of nitrogens with zero attached hydrogens (tertiary/aromatic N) is 3. The highest BCUT2D eigenvalue weighted by Gasteiger charge is 2.13. The SMILES string of the molecule is CN=Cc1n[nH]nc1-c1ccccc1OCc1ccccc1. The van der Waals surface area contributed by atoms with Crippen LogP contribution in [0.3, 0.4) is 0 Å². The lowest BCUT2D eigenvalue weighted by Crippen LogP contribution is -1.97. The van der Waals surface area contributed by atoms with E-state index in [4.69, 9.17) is 4.74 Å². The molecule has 0 amide bonds. The molecule has 0 saturated heterocycles. The summed E-state index contributed by atoms with van der Waals surface area (Å²) in [7, 11) is 1.70. The van der Waals surface area contributed by atoms with Crippen molar-refractivity contribution in [3.8, 4) is 17.0 Å². The summed E-state index contributed by atoms with van der Waals surface area (Å²) in [5.41, 5.74) is 3.43. The highest BCUT2D eigenvalue weighted by molar-refractivity contribution is 5.87. The van der Waals surface area contributed by atoms with Gasteiger partial charge in [0.05, 0.1) is 6.21 Å². The summed E-state index contributed by atoms with van der Waals surface area (Å²) < 4.78 is 5.95. The van der Waals surface area contributed by atoms with Crippen LogP contribution in [-0.2, 0) is 6.61 Å². The molecule has 0 bridgehead atoms. The molecule has 5 heteroatoms. The van der Waals surface area contributed by atoms with Gasteiger partial charge in [-0.15, -0.1) is 0 Å². The topological polar surface area (TPSA) is 63.2 Å². The quantitative estimate of drug-likeness (QED) is 0.735. The van der Waals surface area contributed by atoms with Crippen LogP contribution in [0.4, 0.5) is 0 Å². The Kier molecular flexibility index (Phi) is 4.25. The Morgan fingerprint density at radius 1 is 1.05 bits per heavy atom. The van der Waals surface area contributed by atoms with Gasteiger partial charge in [-0.25, -0.2) is 0 Å². The smallest absolute Gasteiger partial charge is 0.131 e. The number of aromatic nitrogens is 3. The minimum Gasteiger partial charge on any atom is -0.488 e. The molecule has 3 rings (SSSR count). The fourth-order valence-electron chi connectivity index (χ4n) is 2.17. The molecule has 1 aromatic heterocycles. The summed E-state index contributed by atoms with van der Waals surface area (Å²) >= 11 is 0. The van der Waals surface area contributed by atoms with Crippen molar-refractivity contribution in [1.82, 2.24) is 15.4 Å². The molecule has 1 N–H and O–H groups in total. The molecule has 0 saturated carbocycles. The second-order valence-corrected chi connectivity index (χ2v) is 4.72. The van der Waals surface area contributed by atoms with E-state index in [0.29, 0.717) is 12.3 Å². The zero-order valence-electron chi connectivity index (χ0n) is 12.2. The Labute approximate surface area is 128 Å². The highest BCUT2D eigenvalue weighted by atomic mass is 16.5. The van der Waals surface area contributed by atoms with Crippen LogP contribution < -0.4 is 4.74 Å². The third kappa shape index (κ3) is 3.03. The number of benzene rings is 2. The average molecular weight is 292 g/mol. The van der Waals surface area contributed by atoms with Crippen LogP contribution in [0.15, 0.2) is 59.6 Å². The molecule has 3 aromatic rings. The third-order valence-electron chi connectivity index (χ3n) is 3.21. The highest BCUT2D eigenvalue weighted by Crippen LogP contribution is 2.30. The normalized spacial score (nSPS) is 11.0. The number of H-pyrrole nitrogens is 1. The summed E-state index contributed by atoms with van der Waals surface area (Å²) in [4.78, 5) is 4.00. The van der Waals surface area contributed by atoms with Crippen LogP contribution in [0.1, 0.15) is 11.3 Å². The van der Waals surface area contributed by atoms with Gasteiger partial charge in [-0.1, -0.05) is 42.5 Å². The van der Waals surface area contributed by atoms with E-state index in [9.17, 15) is 0 Å². The van der Waals surface area contributed by atoms with Gasteiger partial charge < -0.3 is 4.74 Å². The van der Waals surface area contributed by atoms with E-state index in [1.807, 2.05) is 54.6 Å². The van der Waals surface area contributed by atoms with E-state index in [1.165, 1.54) is 0 Å². The maximum Gasteiger partial charge on any atom is 0.131 e. The number of nitrogens with one attached hydrogen (secondary N) is 1. The molecular formula is C17H16N4O. The van der Waals surface area contributed by atoms with E-state index in [-0.39, 0.29) is 0 Å². The molecule has 0 aliphatic heterocycles. The van der Waals surface area contributed by atoms with Gasteiger partial charge in [-0.2, -0.15) is 15.4 Å². The Balaban J connectivity index is 1.88. The lowest BCUT2D eigenvalue weighted by Gasteiger charge is -2.10. The zero-order chi connectivity index (χ0) is 15.2. The molecule has 0 fully saturated rings. The van der Waals surface area contributed by atoms with Gasteiger partial charge in [-0.3, -0.25) is 4.99 Å². The van der Waals surface area contributed by atoms with Crippen molar-refractivity contribution < 1.29 is 4.74 Å². The van der Waals surface area contributed by atoms with Crippen LogP contribution in [0.5, 0.6) is 5.75 Å². The maximum absolute atomic E-state index is 5.95. The number of para-hydroxylation sites is 1. The van der Waals surface area contributed by atoms with Gasteiger partial charge in [-0.05, 0) is 17.7 Å². The monoisotopic (exact) mass is 292 g/mol. The number of hydrogen-bond acceptors (Lipinski definition) is 4. The van der Waals surface area contributed by atoms with Crippen LogP contribution in [-0.4, -0.2) is 28.7 Å². The Morgan fingerprint density at radius 2 is 1.82 bits per heavy atom. The molecule has 0 radical (unpaired) electrons. The standard InChI is InChI=1S/C17H16N4O/c1-18-11-15-17(20-21-19-15)14-9-5-6-10-16(14)22-12-13-7-3-2-4-8-13/h2-11H,12H2,1H3,(H,19,20,21). The number of aromatic amines is 1. The number of rotatable bonds is 5. The molecule has 0 atom stereocenters. The predicted molar refractivity (Wildman–Crippen MR) is 86.1 cm³/mol. The zero-order valence-corrected chi connectivity index (χ0v) is 12.2. The summed E-state index contributed by atoms with van der Waals surface area (Å²) in [6.07, 6.45) is 1.67. The predicted octanol–water partition coefficient (Wildman–Crippen LogP) is 3.10. The lowest BCUT2D eigenvalue weighted by atomic mass is 10.1. The van der Waals surface area contributed by atoms with Gasteiger partial charge >= 0.3 is 0 Å².